The van der Waals surface area contributed by atoms with Crippen molar-refractivity contribution in [2.45, 2.75) is 64.8 Å². The van der Waals surface area contributed by atoms with E-state index in [0.717, 1.165) is 30.3 Å². The van der Waals surface area contributed by atoms with Crippen molar-refractivity contribution in [3.05, 3.63) is 0 Å². The standard InChI is InChI=1S/C17H31NS/c1-3-5-19-12-16(18-4-2)17-9-13-6-14(10-17)8-15(7-13)11-17/h13-16,18H,3-12H2,1-2H3. The summed E-state index contributed by atoms with van der Waals surface area (Å²) in [5.74, 6) is 5.96. The number of thioether (sulfide) groups is 1. The zero-order valence-corrected chi connectivity index (χ0v) is 13.6. The highest BCUT2D eigenvalue weighted by molar-refractivity contribution is 7.99. The van der Waals surface area contributed by atoms with Crippen LogP contribution in [0.2, 0.25) is 0 Å². The Balaban J connectivity index is 1.69. The van der Waals surface area contributed by atoms with Crippen LogP contribution in [0.4, 0.5) is 0 Å². The first-order valence-electron chi connectivity index (χ1n) is 8.57. The second-order valence-electron chi connectivity index (χ2n) is 7.47. The minimum Gasteiger partial charge on any atom is -0.313 e. The molecule has 4 aliphatic rings. The fourth-order valence-corrected chi connectivity index (χ4v) is 6.81. The van der Waals surface area contributed by atoms with Crippen molar-refractivity contribution in [1.29, 1.82) is 0 Å². The van der Waals surface area contributed by atoms with E-state index in [9.17, 15) is 0 Å². The van der Waals surface area contributed by atoms with Gasteiger partial charge in [-0.05, 0) is 80.4 Å². The normalized spacial score (nSPS) is 41.7. The lowest BCUT2D eigenvalue weighted by Crippen LogP contribution is -2.56. The molecule has 0 aromatic rings. The molecule has 4 saturated carbocycles. The van der Waals surface area contributed by atoms with Crippen molar-refractivity contribution in [2.75, 3.05) is 18.1 Å². The van der Waals surface area contributed by atoms with Gasteiger partial charge in [-0.3, -0.25) is 0 Å². The van der Waals surface area contributed by atoms with Crippen LogP contribution in [0.1, 0.15) is 58.8 Å². The van der Waals surface area contributed by atoms with Crippen molar-refractivity contribution >= 4 is 11.8 Å². The summed E-state index contributed by atoms with van der Waals surface area (Å²) in [6.45, 7) is 5.75. The molecule has 1 N–H and O–H groups in total. The summed E-state index contributed by atoms with van der Waals surface area (Å²) >= 11 is 2.19. The van der Waals surface area contributed by atoms with Gasteiger partial charge < -0.3 is 5.32 Å². The monoisotopic (exact) mass is 281 g/mol. The van der Waals surface area contributed by atoms with E-state index >= 15 is 0 Å². The summed E-state index contributed by atoms with van der Waals surface area (Å²) in [5, 5.41) is 3.88. The quantitative estimate of drug-likeness (QED) is 0.697. The van der Waals surface area contributed by atoms with E-state index in [1.807, 2.05) is 0 Å². The number of hydrogen-bond donors (Lipinski definition) is 1. The van der Waals surface area contributed by atoms with Crippen LogP contribution in [-0.4, -0.2) is 24.1 Å². The summed E-state index contributed by atoms with van der Waals surface area (Å²) in [7, 11) is 0. The average molecular weight is 282 g/mol. The molecule has 4 rings (SSSR count). The third-order valence-electron chi connectivity index (χ3n) is 5.91. The summed E-state index contributed by atoms with van der Waals surface area (Å²) in [6.07, 6.45) is 10.7. The molecular formula is C17H31NS. The van der Waals surface area contributed by atoms with Crippen molar-refractivity contribution in [2.24, 2.45) is 23.2 Å². The molecule has 0 saturated heterocycles. The summed E-state index contributed by atoms with van der Waals surface area (Å²) in [5.41, 5.74) is 0.686. The molecule has 0 aromatic heterocycles. The van der Waals surface area contributed by atoms with Crippen LogP contribution in [0, 0.1) is 23.2 Å². The first-order valence-corrected chi connectivity index (χ1v) is 9.72. The van der Waals surface area contributed by atoms with E-state index < -0.39 is 0 Å². The van der Waals surface area contributed by atoms with Gasteiger partial charge in [0.2, 0.25) is 0 Å². The molecule has 2 heteroatoms. The molecule has 0 heterocycles. The van der Waals surface area contributed by atoms with E-state index in [1.165, 1.54) is 17.9 Å². The SMILES string of the molecule is CCCSCC(NCC)C12CC3CC(CC(C3)C1)C2. The number of nitrogens with one attached hydrogen (secondary N) is 1. The average Bonchev–Trinajstić information content (AvgIpc) is 2.36. The van der Waals surface area contributed by atoms with E-state index in [1.54, 1.807) is 38.5 Å². The minimum absolute atomic E-state index is 0.686. The van der Waals surface area contributed by atoms with Crippen molar-refractivity contribution in [1.82, 2.24) is 5.32 Å². The molecule has 110 valence electrons. The zero-order valence-electron chi connectivity index (χ0n) is 12.8. The van der Waals surface area contributed by atoms with Gasteiger partial charge in [0.1, 0.15) is 0 Å². The van der Waals surface area contributed by atoms with Gasteiger partial charge >= 0.3 is 0 Å². The highest BCUT2D eigenvalue weighted by Gasteiger charge is 2.53. The van der Waals surface area contributed by atoms with Gasteiger partial charge in [-0.25, -0.2) is 0 Å². The number of rotatable bonds is 7. The lowest BCUT2D eigenvalue weighted by atomic mass is 9.48. The molecule has 1 unspecified atom stereocenters. The van der Waals surface area contributed by atoms with Crippen LogP contribution in [0.25, 0.3) is 0 Å². The van der Waals surface area contributed by atoms with Gasteiger partial charge in [-0.2, -0.15) is 11.8 Å². The van der Waals surface area contributed by atoms with Gasteiger partial charge in [-0.15, -0.1) is 0 Å². The zero-order chi connectivity index (χ0) is 13.3. The van der Waals surface area contributed by atoms with Crippen LogP contribution in [0.3, 0.4) is 0 Å². The Bertz CT molecular complexity index is 266. The maximum Gasteiger partial charge on any atom is 0.0214 e. The Hall–Kier alpha value is 0.310. The molecule has 0 amide bonds. The molecule has 19 heavy (non-hydrogen) atoms. The molecule has 1 atom stereocenters. The molecule has 0 aromatic carbocycles. The second kappa shape index (κ2) is 5.97. The fourth-order valence-electron chi connectivity index (χ4n) is 5.65. The van der Waals surface area contributed by atoms with Crippen LogP contribution < -0.4 is 5.32 Å². The number of hydrogen-bond acceptors (Lipinski definition) is 2. The van der Waals surface area contributed by atoms with Crippen LogP contribution >= 0.6 is 11.8 Å². The molecular weight excluding hydrogens is 250 g/mol. The summed E-state index contributed by atoms with van der Waals surface area (Å²) in [4.78, 5) is 0. The maximum absolute atomic E-state index is 3.88. The molecule has 4 aliphatic carbocycles. The van der Waals surface area contributed by atoms with Gasteiger partial charge in [0.05, 0.1) is 0 Å². The third-order valence-corrected chi connectivity index (χ3v) is 7.17. The molecule has 0 radical (unpaired) electrons. The van der Waals surface area contributed by atoms with Crippen LogP contribution in [0.5, 0.6) is 0 Å². The van der Waals surface area contributed by atoms with E-state index in [0.29, 0.717) is 5.41 Å². The Labute approximate surface area is 123 Å². The van der Waals surface area contributed by atoms with Crippen molar-refractivity contribution < 1.29 is 0 Å². The Morgan fingerprint density at radius 2 is 1.63 bits per heavy atom. The third kappa shape index (κ3) is 2.85. The molecule has 0 spiro atoms. The van der Waals surface area contributed by atoms with Crippen LogP contribution in [-0.2, 0) is 0 Å². The summed E-state index contributed by atoms with van der Waals surface area (Å²) in [6, 6.07) is 0.794. The highest BCUT2D eigenvalue weighted by atomic mass is 32.2. The fraction of sp³-hybridized carbons (Fsp3) is 1.00. The highest BCUT2D eigenvalue weighted by Crippen LogP contribution is 2.61. The molecule has 4 fully saturated rings. The largest absolute Gasteiger partial charge is 0.313 e. The van der Waals surface area contributed by atoms with Gasteiger partial charge in [0.25, 0.3) is 0 Å². The first-order chi connectivity index (χ1) is 9.25. The topological polar surface area (TPSA) is 12.0 Å². The molecule has 0 aliphatic heterocycles. The van der Waals surface area contributed by atoms with E-state index in [-0.39, 0.29) is 0 Å². The molecule has 1 nitrogen and oxygen atoms in total. The Morgan fingerprint density at radius 1 is 1.05 bits per heavy atom. The predicted octanol–water partition coefficient (Wildman–Crippen LogP) is 4.32. The van der Waals surface area contributed by atoms with Gasteiger partial charge in [-0.1, -0.05) is 13.8 Å². The van der Waals surface area contributed by atoms with Crippen molar-refractivity contribution in [3.63, 3.8) is 0 Å². The molecule has 4 bridgehead atoms. The van der Waals surface area contributed by atoms with Gasteiger partial charge in [0.15, 0.2) is 0 Å². The van der Waals surface area contributed by atoms with E-state index in [2.05, 4.69) is 30.9 Å². The second-order valence-corrected chi connectivity index (χ2v) is 8.61. The van der Waals surface area contributed by atoms with E-state index in [4.69, 9.17) is 0 Å². The minimum atomic E-state index is 0.686. The van der Waals surface area contributed by atoms with Gasteiger partial charge in [0, 0.05) is 11.8 Å². The van der Waals surface area contributed by atoms with Crippen molar-refractivity contribution in [3.8, 4) is 0 Å². The lowest BCUT2D eigenvalue weighted by molar-refractivity contribution is -0.0691. The maximum atomic E-state index is 3.88. The first kappa shape index (κ1) is 14.3. The summed E-state index contributed by atoms with van der Waals surface area (Å²) < 4.78 is 0. The Morgan fingerprint density at radius 3 is 2.11 bits per heavy atom. The Kier molecular flexibility index (Phi) is 4.48. The lowest BCUT2D eigenvalue weighted by Gasteiger charge is -2.59. The van der Waals surface area contributed by atoms with Crippen LogP contribution in [0.15, 0.2) is 0 Å². The smallest absolute Gasteiger partial charge is 0.0214 e. The predicted molar refractivity (Wildman–Crippen MR) is 85.7 cm³/mol.